The molecule has 2 N–H and O–H groups in total. The Morgan fingerprint density at radius 2 is 2.28 bits per heavy atom. The molecule has 0 unspecified atom stereocenters. The van der Waals surface area contributed by atoms with E-state index in [0.29, 0.717) is 29.9 Å². The van der Waals surface area contributed by atoms with Crippen molar-refractivity contribution in [1.82, 2.24) is 15.0 Å². The molecule has 25 heavy (non-hydrogen) atoms. The van der Waals surface area contributed by atoms with Gasteiger partial charge < -0.3 is 14.6 Å². The number of nitrogens with one attached hydrogen (secondary N) is 2. The number of ether oxygens (including phenoxy) is 1. The molecule has 0 saturated carbocycles. The van der Waals surface area contributed by atoms with Gasteiger partial charge in [-0.1, -0.05) is 16.5 Å². The van der Waals surface area contributed by atoms with E-state index < -0.39 is 6.09 Å². The largest absolute Gasteiger partial charge is 0.450 e. The molecular formula is C15H19N5O4S. The maximum atomic E-state index is 12.1. The van der Waals surface area contributed by atoms with Crippen LogP contribution in [0.3, 0.4) is 0 Å². The van der Waals surface area contributed by atoms with Gasteiger partial charge in [-0.25, -0.2) is 9.78 Å². The topological polar surface area (TPSA) is 110 Å². The molecule has 1 aliphatic rings. The van der Waals surface area contributed by atoms with Crippen molar-refractivity contribution in [2.24, 2.45) is 0 Å². The number of thiazole rings is 1. The molecule has 0 bridgehead atoms. The van der Waals surface area contributed by atoms with Crippen molar-refractivity contribution in [3.63, 3.8) is 0 Å². The Kier molecular flexibility index (Phi) is 5.29. The molecule has 3 rings (SSSR count). The van der Waals surface area contributed by atoms with Crippen LogP contribution in [0.2, 0.25) is 0 Å². The number of nitrogens with zero attached hydrogens (tertiary/aromatic N) is 3. The molecule has 0 aliphatic carbocycles. The Morgan fingerprint density at radius 3 is 3.00 bits per heavy atom. The number of anilines is 2. The SMILES string of the molecule is CCOC(=O)Nc1nc2c(s1)CN(CC(=O)Nc1cc(C)on1)CC2. The first kappa shape index (κ1) is 17.4. The fourth-order valence-corrected chi connectivity index (χ4v) is 3.54. The minimum Gasteiger partial charge on any atom is -0.450 e. The summed E-state index contributed by atoms with van der Waals surface area (Å²) in [6.45, 7) is 5.41. The van der Waals surface area contributed by atoms with Crippen LogP contribution in [0, 0.1) is 6.92 Å². The van der Waals surface area contributed by atoms with Crippen LogP contribution in [0.1, 0.15) is 23.3 Å². The lowest BCUT2D eigenvalue weighted by atomic mass is 10.2. The molecule has 10 heteroatoms. The van der Waals surface area contributed by atoms with E-state index in [1.54, 1.807) is 19.9 Å². The van der Waals surface area contributed by atoms with Gasteiger partial charge in [0.05, 0.1) is 18.8 Å². The van der Waals surface area contributed by atoms with Crippen molar-refractivity contribution in [3.05, 3.63) is 22.4 Å². The van der Waals surface area contributed by atoms with Crippen LogP contribution >= 0.6 is 11.3 Å². The maximum absolute atomic E-state index is 12.1. The van der Waals surface area contributed by atoms with Crippen LogP contribution in [-0.2, 0) is 22.5 Å². The molecule has 0 atom stereocenters. The van der Waals surface area contributed by atoms with Crippen molar-refractivity contribution in [1.29, 1.82) is 0 Å². The second kappa shape index (κ2) is 7.62. The summed E-state index contributed by atoms with van der Waals surface area (Å²) >= 11 is 1.40. The fourth-order valence-electron chi connectivity index (χ4n) is 2.50. The predicted octanol–water partition coefficient (Wildman–Crippen LogP) is 2.00. The smallest absolute Gasteiger partial charge is 0.413 e. The lowest BCUT2D eigenvalue weighted by molar-refractivity contribution is -0.117. The molecule has 134 valence electrons. The zero-order valence-corrected chi connectivity index (χ0v) is 14.8. The summed E-state index contributed by atoms with van der Waals surface area (Å²) in [5.74, 6) is 0.911. The van der Waals surface area contributed by atoms with Crippen molar-refractivity contribution in [2.75, 3.05) is 30.3 Å². The summed E-state index contributed by atoms with van der Waals surface area (Å²) in [5.41, 5.74) is 0.959. The van der Waals surface area contributed by atoms with Gasteiger partial charge in [-0.3, -0.25) is 15.0 Å². The first-order valence-electron chi connectivity index (χ1n) is 7.91. The normalized spacial score (nSPS) is 14.0. The highest BCUT2D eigenvalue weighted by Gasteiger charge is 2.23. The van der Waals surface area contributed by atoms with Crippen LogP contribution in [0.25, 0.3) is 0 Å². The molecule has 2 aromatic heterocycles. The highest BCUT2D eigenvalue weighted by molar-refractivity contribution is 7.15. The van der Waals surface area contributed by atoms with E-state index in [9.17, 15) is 9.59 Å². The van der Waals surface area contributed by atoms with E-state index in [0.717, 1.165) is 23.5 Å². The fraction of sp³-hybridized carbons (Fsp3) is 0.467. The van der Waals surface area contributed by atoms with Crippen LogP contribution in [0.15, 0.2) is 10.6 Å². The second-order valence-corrected chi connectivity index (χ2v) is 6.65. The molecule has 2 amide bonds. The summed E-state index contributed by atoms with van der Waals surface area (Å²) in [4.78, 5) is 31.1. The first-order chi connectivity index (χ1) is 12.0. The molecule has 0 aromatic carbocycles. The van der Waals surface area contributed by atoms with Crippen LogP contribution < -0.4 is 10.6 Å². The molecule has 2 aromatic rings. The van der Waals surface area contributed by atoms with Crippen molar-refractivity contribution >= 4 is 34.3 Å². The lowest BCUT2D eigenvalue weighted by Crippen LogP contribution is -2.36. The Hall–Kier alpha value is -2.46. The third-order valence-corrected chi connectivity index (χ3v) is 4.56. The number of rotatable bonds is 5. The Morgan fingerprint density at radius 1 is 1.44 bits per heavy atom. The lowest BCUT2D eigenvalue weighted by Gasteiger charge is -2.24. The third kappa shape index (κ3) is 4.54. The third-order valence-electron chi connectivity index (χ3n) is 3.56. The standard InChI is InChI=1S/C15H19N5O4S/c1-3-23-15(22)18-14-16-10-4-5-20(7-11(10)25-14)8-13(21)17-12-6-9(2)24-19-12/h6H,3-5,7-8H2,1-2H3,(H,16,18,22)(H,17,19,21). The molecular weight excluding hydrogens is 346 g/mol. The van der Waals surface area contributed by atoms with Crippen molar-refractivity contribution < 1.29 is 18.8 Å². The molecule has 0 fully saturated rings. The number of hydrogen-bond donors (Lipinski definition) is 2. The number of aryl methyl sites for hydroxylation is 1. The van der Waals surface area contributed by atoms with E-state index >= 15 is 0 Å². The number of carbonyl (C=O) groups excluding carboxylic acids is 2. The van der Waals surface area contributed by atoms with Crippen LogP contribution in [0.4, 0.5) is 15.7 Å². The monoisotopic (exact) mass is 365 g/mol. The van der Waals surface area contributed by atoms with E-state index in [1.807, 2.05) is 4.90 Å². The van der Waals surface area contributed by atoms with Gasteiger partial charge in [0, 0.05) is 30.5 Å². The van der Waals surface area contributed by atoms with E-state index in [2.05, 4.69) is 20.8 Å². The Balaban J connectivity index is 1.54. The Labute approximate surface area is 148 Å². The highest BCUT2D eigenvalue weighted by Crippen LogP contribution is 2.28. The van der Waals surface area contributed by atoms with Gasteiger partial charge in [-0.05, 0) is 13.8 Å². The van der Waals surface area contributed by atoms with Crippen LogP contribution in [-0.4, -0.2) is 46.7 Å². The molecule has 0 radical (unpaired) electrons. The van der Waals surface area contributed by atoms with Gasteiger partial charge in [0.2, 0.25) is 5.91 Å². The molecule has 1 aliphatic heterocycles. The maximum Gasteiger partial charge on any atom is 0.413 e. The summed E-state index contributed by atoms with van der Waals surface area (Å²) in [7, 11) is 0. The van der Waals surface area contributed by atoms with E-state index in [4.69, 9.17) is 9.26 Å². The quantitative estimate of drug-likeness (QED) is 0.834. The minimum atomic E-state index is -0.507. The summed E-state index contributed by atoms with van der Waals surface area (Å²) in [6.07, 6.45) is 0.222. The summed E-state index contributed by atoms with van der Waals surface area (Å²) < 4.78 is 9.77. The first-order valence-corrected chi connectivity index (χ1v) is 8.73. The van der Waals surface area contributed by atoms with Crippen molar-refractivity contribution in [3.8, 4) is 0 Å². The number of hydrogen-bond acceptors (Lipinski definition) is 8. The zero-order chi connectivity index (χ0) is 17.8. The van der Waals surface area contributed by atoms with E-state index in [1.165, 1.54) is 11.3 Å². The molecule has 0 saturated heterocycles. The summed E-state index contributed by atoms with van der Waals surface area (Å²) in [5, 5.41) is 9.60. The molecule has 0 spiro atoms. The van der Waals surface area contributed by atoms with Crippen molar-refractivity contribution in [2.45, 2.75) is 26.8 Å². The number of fused-ring (bicyclic) bond motifs is 1. The summed E-state index contributed by atoms with van der Waals surface area (Å²) in [6, 6.07) is 1.67. The number of amides is 2. The molecule has 9 nitrogen and oxygen atoms in total. The van der Waals surface area contributed by atoms with Gasteiger partial charge in [-0.15, -0.1) is 0 Å². The Bertz CT molecular complexity index is 772. The van der Waals surface area contributed by atoms with Gasteiger partial charge in [0.15, 0.2) is 10.9 Å². The number of aromatic nitrogens is 2. The number of carbonyl (C=O) groups is 2. The highest BCUT2D eigenvalue weighted by atomic mass is 32.1. The average Bonchev–Trinajstić information content (AvgIpc) is 3.12. The average molecular weight is 365 g/mol. The van der Waals surface area contributed by atoms with Gasteiger partial charge >= 0.3 is 6.09 Å². The van der Waals surface area contributed by atoms with Gasteiger partial charge in [0.25, 0.3) is 0 Å². The van der Waals surface area contributed by atoms with Gasteiger partial charge in [-0.2, -0.15) is 0 Å². The zero-order valence-electron chi connectivity index (χ0n) is 14.0. The van der Waals surface area contributed by atoms with E-state index in [-0.39, 0.29) is 12.5 Å². The van der Waals surface area contributed by atoms with Gasteiger partial charge in [0.1, 0.15) is 5.76 Å². The second-order valence-electron chi connectivity index (χ2n) is 5.57. The molecule has 3 heterocycles. The van der Waals surface area contributed by atoms with Crippen LogP contribution in [0.5, 0.6) is 0 Å². The minimum absolute atomic E-state index is 0.147. The predicted molar refractivity (Wildman–Crippen MR) is 91.6 cm³/mol.